The van der Waals surface area contributed by atoms with Crippen molar-refractivity contribution in [1.82, 2.24) is 4.90 Å². The van der Waals surface area contributed by atoms with E-state index in [1.54, 1.807) is 17.0 Å². The Kier molecular flexibility index (Phi) is 4.93. The van der Waals surface area contributed by atoms with Gasteiger partial charge in [0, 0.05) is 13.1 Å². The first-order valence-electron chi connectivity index (χ1n) is 6.95. The third kappa shape index (κ3) is 3.92. The molecule has 110 valence electrons. The average molecular weight is 283 g/mol. The largest absolute Gasteiger partial charge is 0.434 e. The van der Waals surface area contributed by atoms with Gasteiger partial charge in [0.25, 0.3) is 5.91 Å². The van der Waals surface area contributed by atoms with Gasteiger partial charge in [0.05, 0.1) is 5.56 Å². The summed E-state index contributed by atoms with van der Waals surface area (Å²) in [5, 5.41) is 0. The van der Waals surface area contributed by atoms with E-state index in [1.165, 1.54) is 12.1 Å². The Hall–Kier alpha value is -1.65. The van der Waals surface area contributed by atoms with Crippen LogP contribution in [0.5, 0.6) is 5.75 Å². The molecule has 0 atom stereocenters. The zero-order chi connectivity index (χ0) is 14.5. The lowest BCUT2D eigenvalue weighted by molar-refractivity contribution is -0.0502. The van der Waals surface area contributed by atoms with E-state index in [4.69, 9.17) is 0 Å². The molecule has 0 heterocycles. The number of carbonyl (C=O) groups excluding carboxylic acids is 1. The zero-order valence-electron chi connectivity index (χ0n) is 11.5. The zero-order valence-corrected chi connectivity index (χ0v) is 11.5. The number of nitrogens with zero attached hydrogens (tertiary/aromatic N) is 1. The molecule has 3 nitrogen and oxygen atoms in total. The molecule has 5 heteroatoms. The van der Waals surface area contributed by atoms with Crippen LogP contribution in [0, 0.1) is 5.92 Å². The van der Waals surface area contributed by atoms with E-state index in [0.29, 0.717) is 19.0 Å². The first-order valence-corrected chi connectivity index (χ1v) is 6.95. The number of carbonyl (C=O) groups is 1. The lowest BCUT2D eigenvalue weighted by Crippen LogP contribution is -2.34. The number of benzene rings is 1. The van der Waals surface area contributed by atoms with E-state index >= 15 is 0 Å². The van der Waals surface area contributed by atoms with Crippen molar-refractivity contribution in [3.05, 3.63) is 29.8 Å². The molecular weight excluding hydrogens is 264 g/mol. The summed E-state index contributed by atoms with van der Waals surface area (Å²) in [5.74, 6) is 0.285. The van der Waals surface area contributed by atoms with Crippen LogP contribution in [0.2, 0.25) is 0 Å². The van der Waals surface area contributed by atoms with Gasteiger partial charge in [0.2, 0.25) is 0 Å². The Morgan fingerprint density at radius 1 is 1.40 bits per heavy atom. The second-order valence-corrected chi connectivity index (χ2v) is 5.07. The maximum atomic E-state index is 12.5. The van der Waals surface area contributed by atoms with Crippen molar-refractivity contribution >= 4 is 5.91 Å². The van der Waals surface area contributed by atoms with Crippen LogP contribution in [0.25, 0.3) is 0 Å². The van der Waals surface area contributed by atoms with Crippen molar-refractivity contribution in [2.24, 2.45) is 5.92 Å². The van der Waals surface area contributed by atoms with E-state index in [-0.39, 0.29) is 17.2 Å². The first kappa shape index (κ1) is 14.8. The summed E-state index contributed by atoms with van der Waals surface area (Å²) in [5.41, 5.74) is 0.210. The average Bonchev–Trinajstić information content (AvgIpc) is 3.21. The molecule has 1 aromatic rings. The van der Waals surface area contributed by atoms with E-state index < -0.39 is 6.61 Å². The maximum Gasteiger partial charge on any atom is 0.387 e. The molecule has 1 aromatic carbocycles. The highest BCUT2D eigenvalue weighted by atomic mass is 19.3. The fraction of sp³-hybridized carbons (Fsp3) is 0.533. The molecule has 0 saturated heterocycles. The van der Waals surface area contributed by atoms with Crippen molar-refractivity contribution in [1.29, 1.82) is 0 Å². The molecule has 1 amide bonds. The molecule has 1 aliphatic carbocycles. The highest BCUT2D eigenvalue weighted by Gasteiger charge is 2.28. The minimum absolute atomic E-state index is 0.0515. The number of rotatable bonds is 7. The van der Waals surface area contributed by atoms with E-state index in [2.05, 4.69) is 4.74 Å². The predicted octanol–water partition coefficient (Wildman–Crippen LogP) is 3.55. The Morgan fingerprint density at radius 3 is 2.70 bits per heavy atom. The smallest absolute Gasteiger partial charge is 0.387 e. The van der Waals surface area contributed by atoms with Crippen LogP contribution in [0.4, 0.5) is 8.78 Å². The van der Waals surface area contributed by atoms with Crippen LogP contribution in [0.15, 0.2) is 24.3 Å². The van der Waals surface area contributed by atoms with Crippen LogP contribution in [-0.2, 0) is 0 Å². The van der Waals surface area contributed by atoms with Gasteiger partial charge in [-0.25, -0.2) is 0 Å². The van der Waals surface area contributed by atoms with Gasteiger partial charge in [-0.2, -0.15) is 8.78 Å². The molecule has 0 spiro atoms. The summed E-state index contributed by atoms with van der Waals surface area (Å²) in [6.07, 6.45) is 3.13. The normalized spacial score (nSPS) is 14.4. The number of alkyl halides is 2. The van der Waals surface area contributed by atoms with Crippen LogP contribution in [0.1, 0.15) is 36.5 Å². The topological polar surface area (TPSA) is 29.5 Å². The summed E-state index contributed by atoms with van der Waals surface area (Å²) in [4.78, 5) is 14.2. The molecule has 1 fully saturated rings. The highest BCUT2D eigenvalue weighted by Crippen LogP contribution is 2.31. The van der Waals surface area contributed by atoms with Crippen LogP contribution in [-0.4, -0.2) is 30.5 Å². The summed E-state index contributed by atoms with van der Waals surface area (Å²) < 4.78 is 29.2. The number of hydrogen-bond donors (Lipinski definition) is 0. The van der Waals surface area contributed by atoms with Gasteiger partial charge in [-0.3, -0.25) is 4.79 Å². The van der Waals surface area contributed by atoms with Crippen molar-refractivity contribution in [3.8, 4) is 5.75 Å². The molecule has 0 radical (unpaired) electrons. The Bertz CT molecular complexity index is 461. The highest BCUT2D eigenvalue weighted by molar-refractivity contribution is 5.97. The minimum atomic E-state index is -2.92. The second-order valence-electron chi connectivity index (χ2n) is 5.07. The van der Waals surface area contributed by atoms with Gasteiger partial charge in [-0.05, 0) is 37.3 Å². The Balaban J connectivity index is 2.16. The fourth-order valence-corrected chi connectivity index (χ4v) is 2.17. The molecule has 20 heavy (non-hydrogen) atoms. The van der Waals surface area contributed by atoms with Gasteiger partial charge in [0.15, 0.2) is 0 Å². The Morgan fingerprint density at radius 2 is 2.10 bits per heavy atom. The number of halogens is 2. The van der Waals surface area contributed by atoms with E-state index in [0.717, 1.165) is 19.3 Å². The van der Waals surface area contributed by atoms with Crippen LogP contribution < -0.4 is 4.74 Å². The van der Waals surface area contributed by atoms with Gasteiger partial charge in [-0.1, -0.05) is 19.1 Å². The minimum Gasteiger partial charge on any atom is -0.434 e. The molecule has 0 unspecified atom stereocenters. The SMILES string of the molecule is CCCN(CC1CC1)C(=O)c1ccccc1OC(F)F. The quantitative estimate of drug-likeness (QED) is 0.766. The standard InChI is InChI=1S/C15H19F2NO2/c1-2-9-18(10-11-7-8-11)14(19)12-5-3-4-6-13(12)20-15(16)17/h3-6,11,15H,2,7-10H2,1H3. The number of ether oxygens (including phenoxy) is 1. The second kappa shape index (κ2) is 6.68. The monoisotopic (exact) mass is 283 g/mol. The third-order valence-electron chi connectivity index (χ3n) is 3.29. The van der Waals surface area contributed by atoms with Crippen LogP contribution in [0.3, 0.4) is 0 Å². The molecule has 0 bridgehead atoms. The molecule has 1 aliphatic rings. The van der Waals surface area contributed by atoms with Crippen molar-refractivity contribution in [2.75, 3.05) is 13.1 Å². The van der Waals surface area contributed by atoms with E-state index in [1.807, 2.05) is 6.92 Å². The number of hydrogen-bond acceptors (Lipinski definition) is 2. The first-order chi connectivity index (χ1) is 9.61. The lowest BCUT2D eigenvalue weighted by Gasteiger charge is -2.23. The third-order valence-corrected chi connectivity index (χ3v) is 3.29. The van der Waals surface area contributed by atoms with E-state index in [9.17, 15) is 13.6 Å². The molecule has 0 N–H and O–H groups in total. The molecule has 1 saturated carbocycles. The maximum absolute atomic E-state index is 12.5. The predicted molar refractivity (Wildman–Crippen MR) is 72.0 cm³/mol. The molecule has 0 aromatic heterocycles. The molecule has 0 aliphatic heterocycles. The summed E-state index contributed by atoms with van der Waals surface area (Å²) >= 11 is 0. The number of para-hydroxylation sites is 1. The van der Waals surface area contributed by atoms with Gasteiger partial charge in [0.1, 0.15) is 5.75 Å². The summed E-state index contributed by atoms with van der Waals surface area (Å²) in [6.45, 7) is 0.412. The van der Waals surface area contributed by atoms with Crippen molar-refractivity contribution < 1.29 is 18.3 Å². The number of amides is 1. The molecule has 2 rings (SSSR count). The lowest BCUT2D eigenvalue weighted by atomic mass is 10.1. The molecular formula is C15H19F2NO2. The summed E-state index contributed by atoms with van der Waals surface area (Å²) in [6, 6.07) is 6.18. The van der Waals surface area contributed by atoms with Crippen molar-refractivity contribution in [3.63, 3.8) is 0 Å². The fourth-order valence-electron chi connectivity index (χ4n) is 2.17. The Labute approximate surface area is 117 Å². The van der Waals surface area contributed by atoms with Gasteiger partial charge >= 0.3 is 6.61 Å². The van der Waals surface area contributed by atoms with Crippen LogP contribution >= 0.6 is 0 Å². The van der Waals surface area contributed by atoms with Gasteiger partial charge in [-0.15, -0.1) is 0 Å². The van der Waals surface area contributed by atoms with Crippen molar-refractivity contribution in [2.45, 2.75) is 32.8 Å². The summed E-state index contributed by atoms with van der Waals surface area (Å²) in [7, 11) is 0. The van der Waals surface area contributed by atoms with Gasteiger partial charge < -0.3 is 9.64 Å².